The number of nitrogens with zero attached hydrogens (tertiary/aromatic N) is 1. The van der Waals surface area contributed by atoms with Crippen molar-refractivity contribution in [2.45, 2.75) is 49.9 Å². The minimum absolute atomic E-state index is 0. The average molecular weight is 294 g/mol. The summed E-state index contributed by atoms with van der Waals surface area (Å²) in [6, 6.07) is 0. The van der Waals surface area contributed by atoms with Crippen LogP contribution in [-0.2, 0) is 14.2 Å². The van der Waals surface area contributed by atoms with Gasteiger partial charge in [-0.2, -0.15) is 0 Å². The lowest BCUT2D eigenvalue weighted by atomic mass is 9.75. The molecule has 1 spiro atoms. The Balaban J connectivity index is 0.00000180. The van der Waals surface area contributed by atoms with Gasteiger partial charge in [-0.15, -0.1) is 12.4 Å². The molecular formula is C14H28ClNO3. The van der Waals surface area contributed by atoms with Gasteiger partial charge in [-0.1, -0.05) is 0 Å². The van der Waals surface area contributed by atoms with E-state index in [4.69, 9.17) is 14.2 Å². The number of hydrogen-bond donors (Lipinski definition) is 0. The molecule has 0 radical (unpaired) electrons. The Hall–Kier alpha value is 0.130. The maximum atomic E-state index is 5.81. The molecule has 2 aliphatic rings. The summed E-state index contributed by atoms with van der Waals surface area (Å²) < 4.78 is 16.8. The standard InChI is InChI=1S/C14H27NO3.ClH/c1-15(2)13(5-4-10-16-3)6-8-14(9-7-13)17-11-12-18-14;/h4-12H2,1-3H3;1H. The third kappa shape index (κ3) is 3.82. The zero-order chi connectivity index (χ0) is 13.1. The molecule has 2 fully saturated rings. The highest BCUT2D eigenvalue weighted by Gasteiger charge is 2.46. The summed E-state index contributed by atoms with van der Waals surface area (Å²) in [5.74, 6) is -0.249. The fourth-order valence-corrected chi connectivity index (χ4v) is 3.35. The van der Waals surface area contributed by atoms with Gasteiger partial charge in [-0.3, -0.25) is 0 Å². The molecule has 1 saturated heterocycles. The highest BCUT2D eigenvalue weighted by Crippen LogP contribution is 2.44. The zero-order valence-corrected chi connectivity index (χ0v) is 13.3. The number of halogens is 1. The van der Waals surface area contributed by atoms with Crippen LogP contribution >= 0.6 is 12.4 Å². The second-order valence-corrected chi connectivity index (χ2v) is 5.82. The number of rotatable bonds is 5. The van der Waals surface area contributed by atoms with Crippen LogP contribution in [0.25, 0.3) is 0 Å². The zero-order valence-electron chi connectivity index (χ0n) is 12.4. The lowest BCUT2D eigenvalue weighted by Gasteiger charge is -2.47. The van der Waals surface area contributed by atoms with Gasteiger partial charge in [0.15, 0.2) is 5.79 Å². The Morgan fingerprint density at radius 1 is 1.05 bits per heavy atom. The molecule has 19 heavy (non-hydrogen) atoms. The molecule has 0 bridgehead atoms. The van der Waals surface area contributed by atoms with E-state index in [0.717, 1.165) is 51.9 Å². The van der Waals surface area contributed by atoms with Gasteiger partial charge in [0.2, 0.25) is 0 Å². The first-order valence-corrected chi connectivity index (χ1v) is 7.07. The van der Waals surface area contributed by atoms with E-state index in [1.165, 1.54) is 6.42 Å². The van der Waals surface area contributed by atoms with Crippen LogP contribution in [-0.4, -0.2) is 57.3 Å². The van der Waals surface area contributed by atoms with Gasteiger partial charge in [-0.25, -0.2) is 0 Å². The van der Waals surface area contributed by atoms with Crippen molar-refractivity contribution in [2.75, 3.05) is 41.0 Å². The summed E-state index contributed by atoms with van der Waals surface area (Å²) in [4.78, 5) is 2.39. The van der Waals surface area contributed by atoms with Crippen LogP contribution in [0.1, 0.15) is 38.5 Å². The summed E-state index contributed by atoms with van der Waals surface area (Å²) in [6.45, 7) is 2.38. The predicted molar refractivity (Wildman–Crippen MR) is 77.9 cm³/mol. The molecule has 0 aromatic rings. The molecule has 1 heterocycles. The molecule has 0 amide bonds. The molecule has 0 aromatic carbocycles. The van der Waals surface area contributed by atoms with Gasteiger partial charge >= 0.3 is 0 Å². The molecule has 1 aliphatic carbocycles. The van der Waals surface area contributed by atoms with Gasteiger partial charge in [0, 0.05) is 32.1 Å². The van der Waals surface area contributed by atoms with E-state index in [1.54, 1.807) is 7.11 Å². The third-order valence-corrected chi connectivity index (χ3v) is 4.70. The van der Waals surface area contributed by atoms with E-state index in [-0.39, 0.29) is 18.2 Å². The van der Waals surface area contributed by atoms with Crippen molar-refractivity contribution in [2.24, 2.45) is 0 Å². The first-order chi connectivity index (χ1) is 8.63. The van der Waals surface area contributed by atoms with Gasteiger partial charge < -0.3 is 19.1 Å². The van der Waals surface area contributed by atoms with Gasteiger partial charge in [0.1, 0.15) is 0 Å². The maximum absolute atomic E-state index is 5.81. The molecule has 0 unspecified atom stereocenters. The van der Waals surface area contributed by atoms with E-state index < -0.39 is 0 Å². The summed E-state index contributed by atoms with van der Waals surface area (Å²) in [5.41, 5.74) is 0.305. The second kappa shape index (κ2) is 7.23. The van der Waals surface area contributed by atoms with Crippen molar-refractivity contribution in [1.82, 2.24) is 4.90 Å². The number of ether oxygens (including phenoxy) is 3. The van der Waals surface area contributed by atoms with Gasteiger partial charge in [0.05, 0.1) is 13.2 Å². The Morgan fingerprint density at radius 2 is 1.63 bits per heavy atom. The SMILES string of the molecule is COCCCC1(N(C)C)CCC2(CC1)OCCO2.Cl. The van der Waals surface area contributed by atoms with E-state index >= 15 is 0 Å². The van der Waals surface area contributed by atoms with Crippen molar-refractivity contribution in [3.8, 4) is 0 Å². The Bertz CT molecular complexity index is 257. The molecule has 5 heteroatoms. The summed E-state index contributed by atoms with van der Waals surface area (Å²) >= 11 is 0. The van der Waals surface area contributed by atoms with E-state index in [2.05, 4.69) is 19.0 Å². The molecule has 0 N–H and O–H groups in total. The van der Waals surface area contributed by atoms with Gasteiger partial charge in [0.25, 0.3) is 0 Å². The average Bonchev–Trinajstić information content (AvgIpc) is 2.81. The highest BCUT2D eigenvalue weighted by atomic mass is 35.5. The van der Waals surface area contributed by atoms with Crippen LogP contribution in [0.2, 0.25) is 0 Å². The monoisotopic (exact) mass is 293 g/mol. The summed E-state index contributed by atoms with van der Waals surface area (Å²) in [7, 11) is 6.17. The largest absolute Gasteiger partial charge is 0.385 e. The van der Waals surface area contributed by atoms with E-state index in [9.17, 15) is 0 Å². The molecule has 4 nitrogen and oxygen atoms in total. The molecule has 0 aromatic heterocycles. The smallest absolute Gasteiger partial charge is 0.168 e. The molecule has 1 aliphatic heterocycles. The first kappa shape index (κ1) is 17.2. The topological polar surface area (TPSA) is 30.9 Å². The predicted octanol–water partition coefficient (Wildman–Crippen LogP) is 2.45. The van der Waals surface area contributed by atoms with E-state index in [0.29, 0.717) is 5.54 Å². The minimum atomic E-state index is -0.249. The number of hydrogen-bond acceptors (Lipinski definition) is 4. The van der Waals surface area contributed by atoms with Crippen LogP contribution in [0.3, 0.4) is 0 Å². The fraction of sp³-hybridized carbons (Fsp3) is 1.00. The lowest BCUT2D eigenvalue weighted by Crippen LogP contribution is -2.51. The van der Waals surface area contributed by atoms with Crippen LogP contribution in [0.15, 0.2) is 0 Å². The van der Waals surface area contributed by atoms with E-state index in [1.807, 2.05) is 0 Å². The quantitative estimate of drug-likeness (QED) is 0.729. The summed E-state index contributed by atoms with van der Waals surface area (Å²) in [5, 5.41) is 0. The second-order valence-electron chi connectivity index (χ2n) is 5.82. The first-order valence-electron chi connectivity index (χ1n) is 7.07. The Kier molecular flexibility index (Phi) is 6.54. The molecular weight excluding hydrogens is 266 g/mol. The van der Waals surface area contributed by atoms with Crippen molar-refractivity contribution >= 4 is 12.4 Å². The van der Waals surface area contributed by atoms with Crippen molar-refractivity contribution < 1.29 is 14.2 Å². The summed E-state index contributed by atoms with van der Waals surface area (Å²) in [6.07, 6.45) is 6.69. The Labute approximate surface area is 123 Å². The molecule has 1 saturated carbocycles. The van der Waals surface area contributed by atoms with Gasteiger partial charge in [-0.05, 0) is 39.8 Å². The van der Waals surface area contributed by atoms with Crippen molar-refractivity contribution in [1.29, 1.82) is 0 Å². The lowest BCUT2D eigenvalue weighted by molar-refractivity contribution is -0.193. The van der Waals surface area contributed by atoms with Crippen molar-refractivity contribution in [3.05, 3.63) is 0 Å². The third-order valence-electron chi connectivity index (χ3n) is 4.70. The van der Waals surface area contributed by atoms with Crippen LogP contribution in [0.4, 0.5) is 0 Å². The number of methoxy groups -OCH3 is 1. The fourth-order valence-electron chi connectivity index (χ4n) is 3.35. The molecule has 2 rings (SSSR count). The van der Waals surface area contributed by atoms with Crippen LogP contribution < -0.4 is 0 Å². The minimum Gasteiger partial charge on any atom is -0.385 e. The Morgan fingerprint density at radius 3 is 2.11 bits per heavy atom. The normalized spacial score (nSPS) is 24.6. The van der Waals surface area contributed by atoms with Crippen molar-refractivity contribution in [3.63, 3.8) is 0 Å². The van der Waals surface area contributed by atoms with Crippen LogP contribution in [0.5, 0.6) is 0 Å². The molecule has 114 valence electrons. The maximum Gasteiger partial charge on any atom is 0.168 e. The van der Waals surface area contributed by atoms with Crippen LogP contribution in [0, 0.1) is 0 Å². The molecule has 0 atom stereocenters. The highest BCUT2D eigenvalue weighted by molar-refractivity contribution is 5.85.